The van der Waals surface area contributed by atoms with E-state index in [1.807, 2.05) is 0 Å². The van der Waals surface area contributed by atoms with E-state index in [4.69, 9.17) is 4.52 Å². The fourth-order valence-electron chi connectivity index (χ4n) is 3.12. The molecule has 0 aromatic carbocycles. The summed E-state index contributed by atoms with van der Waals surface area (Å²) in [6.45, 7) is 13.9. The lowest BCUT2D eigenvalue weighted by Crippen LogP contribution is -2.49. The van der Waals surface area contributed by atoms with Gasteiger partial charge >= 0.3 is 0 Å². The summed E-state index contributed by atoms with van der Waals surface area (Å²) in [4.78, 5) is 9.59. The Kier molecular flexibility index (Phi) is 4.28. The molecule has 0 aliphatic carbocycles. The zero-order chi connectivity index (χ0) is 14.9. The highest BCUT2D eigenvalue weighted by atomic mass is 16.5. The summed E-state index contributed by atoms with van der Waals surface area (Å²) >= 11 is 0. The van der Waals surface area contributed by atoms with Crippen molar-refractivity contribution in [2.24, 2.45) is 0 Å². The molecule has 1 aromatic heterocycles. The van der Waals surface area contributed by atoms with Crippen LogP contribution in [-0.4, -0.2) is 65.3 Å². The minimum atomic E-state index is -0.0455. The molecular weight excluding hydrogens is 266 g/mol. The zero-order valence-electron chi connectivity index (χ0n) is 13.4. The first-order chi connectivity index (χ1) is 10.0. The van der Waals surface area contributed by atoms with Crippen LogP contribution in [0.25, 0.3) is 0 Å². The average molecular weight is 293 g/mol. The van der Waals surface area contributed by atoms with Crippen LogP contribution in [0.5, 0.6) is 0 Å². The lowest BCUT2D eigenvalue weighted by atomic mass is 9.96. The van der Waals surface area contributed by atoms with Crippen molar-refractivity contribution in [2.45, 2.75) is 45.2 Å². The van der Waals surface area contributed by atoms with E-state index >= 15 is 0 Å². The van der Waals surface area contributed by atoms with Crippen molar-refractivity contribution >= 4 is 0 Å². The molecule has 118 valence electrons. The SMILES string of the molecule is CC(C)(C)c1noc(CN2CCC(N3CCNCC3)C2)n1. The highest BCUT2D eigenvalue weighted by Gasteiger charge is 2.29. The molecule has 1 unspecified atom stereocenters. The first kappa shape index (κ1) is 14.9. The van der Waals surface area contributed by atoms with Gasteiger partial charge in [0.1, 0.15) is 0 Å². The first-order valence-corrected chi connectivity index (χ1v) is 8.02. The Hall–Kier alpha value is -0.980. The Bertz CT molecular complexity index is 461. The maximum absolute atomic E-state index is 5.41. The van der Waals surface area contributed by atoms with Crippen LogP contribution in [0.2, 0.25) is 0 Å². The fraction of sp³-hybridized carbons (Fsp3) is 0.867. The summed E-state index contributed by atoms with van der Waals surface area (Å²) < 4.78 is 5.41. The normalized spacial score (nSPS) is 25.6. The van der Waals surface area contributed by atoms with E-state index in [2.05, 4.69) is 46.0 Å². The highest BCUT2D eigenvalue weighted by molar-refractivity contribution is 5.00. The molecule has 1 aromatic rings. The van der Waals surface area contributed by atoms with Gasteiger partial charge in [-0.05, 0) is 6.42 Å². The first-order valence-electron chi connectivity index (χ1n) is 8.02. The van der Waals surface area contributed by atoms with Crippen molar-refractivity contribution in [1.29, 1.82) is 0 Å². The molecule has 0 saturated carbocycles. The number of nitrogens with zero attached hydrogens (tertiary/aromatic N) is 4. The van der Waals surface area contributed by atoms with Crippen LogP contribution in [0.15, 0.2) is 4.52 Å². The number of likely N-dealkylation sites (tertiary alicyclic amines) is 1. The van der Waals surface area contributed by atoms with Crippen molar-refractivity contribution in [2.75, 3.05) is 39.3 Å². The smallest absolute Gasteiger partial charge is 0.240 e. The molecule has 6 nitrogen and oxygen atoms in total. The quantitative estimate of drug-likeness (QED) is 0.891. The van der Waals surface area contributed by atoms with E-state index in [0.29, 0.717) is 6.04 Å². The van der Waals surface area contributed by atoms with Gasteiger partial charge in [-0.15, -0.1) is 0 Å². The van der Waals surface area contributed by atoms with Crippen LogP contribution in [0, 0.1) is 0 Å². The predicted molar refractivity (Wildman–Crippen MR) is 81.1 cm³/mol. The molecule has 1 atom stereocenters. The van der Waals surface area contributed by atoms with E-state index in [-0.39, 0.29) is 5.41 Å². The summed E-state index contributed by atoms with van der Waals surface area (Å²) in [5.74, 6) is 1.55. The van der Waals surface area contributed by atoms with Gasteiger partial charge < -0.3 is 9.84 Å². The van der Waals surface area contributed by atoms with Crippen LogP contribution in [-0.2, 0) is 12.0 Å². The number of nitrogens with one attached hydrogen (secondary N) is 1. The summed E-state index contributed by atoms with van der Waals surface area (Å²) in [6, 6.07) is 0.692. The van der Waals surface area contributed by atoms with Gasteiger partial charge in [0.25, 0.3) is 0 Å². The molecule has 6 heteroatoms. The van der Waals surface area contributed by atoms with Gasteiger partial charge in [-0.25, -0.2) is 0 Å². The molecule has 3 rings (SSSR count). The van der Waals surface area contributed by atoms with Crippen molar-refractivity contribution in [3.8, 4) is 0 Å². The third-order valence-corrected chi connectivity index (χ3v) is 4.41. The molecule has 2 saturated heterocycles. The number of hydrogen-bond donors (Lipinski definition) is 1. The lowest BCUT2D eigenvalue weighted by Gasteiger charge is -2.32. The van der Waals surface area contributed by atoms with Gasteiger partial charge in [0, 0.05) is 50.7 Å². The summed E-state index contributed by atoms with van der Waals surface area (Å²) in [6.07, 6.45) is 1.25. The van der Waals surface area contributed by atoms with Crippen molar-refractivity contribution in [3.63, 3.8) is 0 Å². The number of rotatable bonds is 3. The Morgan fingerprint density at radius 1 is 1.24 bits per heavy atom. The summed E-state index contributed by atoms with van der Waals surface area (Å²) in [5, 5.41) is 7.52. The molecule has 1 N–H and O–H groups in total. The molecule has 2 aliphatic heterocycles. The molecule has 21 heavy (non-hydrogen) atoms. The Morgan fingerprint density at radius 2 is 2.00 bits per heavy atom. The van der Waals surface area contributed by atoms with Gasteiger partial charge in [-0.1, -0.05) is 25.9 Å². The third-order valence-electron chi connectivity index (χ3n) is 4.41. The van der Waals surface area contributed by atoms with E-state index in [1.54, 1.807) is 0 Å². The van der Waals surface area contributed by atoms with Gasteiger partial charge in [-0.2, -0.15) is 4.98 Å². The second-order valence-electron chi connectivity index (χ2n) is 7.23. The number of piperazine rings is 1. The Morgan fingerprint density at radius 3 is 2.67 bits per heavy atom. The topological polar surface area (TPSA) is 57.4 Å². The minimum Gasteiger partial charge on any atom is -0.338 e. The lowest BCUT2D eigenvalue weighted by molar-refractivity contribution is 0.167. The molecular formula is C15H27N5O. The van der Waals surface area contributed by atoms with Crippen LogP contribution >= 0.6 is 0 Å². The average Bonchev–Trinajstić information content (AvgIpc) is 3.09. The molecule has 0 spiro atoms. The molecule has 2 fully saturated rings. The molecule has 0 amide bonds. The van der Waals surface area contributed by atoms with Crippen molar-refractivity contribution in [1.82, 2.24) is 25.3 Å². The minimum absolute atomic E-state index is 0.0455. The van der Waals surface area contributed by atoms with E-state index in [1.165, 1.54) is 19.5 Å². The van der Waals surface area contributed by atoms with Crippen LogP contribution in [0.4, 0.5) is 0 Å². The van der Waals surface area contributed by atoms with Crippen LogP contribution in [0.3, 0.4) is 0 Å². The van der Waals surface area contributed by atoms with Crippen LogP contribution in [0.1, 0.15) is 38.9 Å². The standard InChI is InChI=1S/C15H27N5O/c1-15(2,3)14-17-13(21-18-14)11-19-7-4-12(10-19)20-8-5-16-6-9-20/h12,16H,4-11H2,1-3H3. The monoisotopic (exact) mass is 293 g/mol. The van der Waals surface area contributed by atoms with Crippen molar-refractivity contribution in [3.05, 3.63) is 11.7 Å². The molecule has 0 radical (unpaired) electrons. The summed E-state index contributed by atoms with van der Waals surface area (Å²) in [7, 11) is 0. The van der Waals surface area contributed by atoms with Gasteiger partial charge in [-0.3, -0.25) is 9.80 Å². The zero-order valence-corrected chi connectivity index (χ0v) is 13.4. The number of aromatic nitrogens is 2. The second-order valence-corrected chi connectivity index (χ2v) is 7.23. The molecule has 0 bridgehead atoms. The maximum atomic E-state index is 5.41. The Labute approximate surface area is 126 Å². The van der Waals surface area contributed by atoms with Gasteiger partial charge in [0.05, 0.1) is 6.54 Å². The third kappa shape index (κ3) is 3.62. The van der Waals surface area contributed by atoms with Crippen molar-refractivity contribution < 1.29 is 4.52 Å². The van der Waals surface area contributed by atoms with Crippen LogP contribution < -0.4 is 5.32 Å². The fourth-order valence-corrected chi connectivity index (χ4v) is 3.12. The van der Waals surface area contributed by atoms with E-state index in [9.17, 15) is 0 Å². The molecule has 2 aliphatic rings. The Balaban J connectivity index is 1.53. The second kappa shape index (κ2) is 6.02. The predicted octanol–water partition coefficient (Wildman–Crippen LogP) is 0.847. The van der Waals surface area contributed by atoms with Gasteiger partial charge in [0.2, 0.25) is 5.89 Å². The van der Waals surface area contributed by atoms with E-state index < -0.39 is 0 Å². The molecule has 3 heterocycles. The number of hydrogen-bond acceptors (Lipinski definition) is 6. The highest BCUT2D eigenvalue weighted by Crippen LogP contribution is 2.21. The van der Waals surface area contributed by atoms with E-state index in [0.717, 1.165) is 44.4 Å². The summed E-state index contributed by atoms with van der Waals surface area (Å²) in [5.41, 5.74) is -0.0455. The maximum Gasteiger partial charge on any atom is 0.240 e. The van der Waals surface area contributed by atoms with Gasteiger partial charge in [0.15, 0.2) is 5.82 Å². The largest absolute Gasteiger partial charge is 0.338 e.